The average Bonchev–Trinajstić information content (AvgIpc) is 2.58. The maximum atomic E-state index is 11.2. The van der Waals surface area contributed by atoms with Crippen molar-refractivity contribution >= 4 is 17.3 Å². The summed E-state index contributed by atoms with van der Waals surface area (Å²) in [5.41, 5.74) is 2.46. The molecule has 0 heterocycles. The SMILES string of the molecule is COc1ccc([N+](=O)[O-])cc1CNC(C)c1cccc(NC(C)=O)c1. The molecule has 0 aliphatic rings. The van der Waals surface area contributed by atoms with Gasteiger partial charge < -0.3 is 15.4 Å². The molecule has 0 saturated heterocycles. The van der Waals surface area contributed by atoms with E-state index in [4.69, 9.17) is 4.74 Å². The van der Waals surface area contributed by atoms with E-state index in [0.29, 0.717) is 17.9 Å². The van der Waals surface area contributed by atoms with Gasteiger partial charge in [0, 0.05) is 42.9 Å². The van der Waals surface area contributed by atoms with Crippen LogP contribution < -0.4 is 15.4 Å². The van der Waals surface area contributed by atoms with Crippen LogP contribution >= 0.6 is 0 Å². The smallest absolute Gasteiger partial charge is 0.270 e. The van der Waals surface area contributed by atoms with Gasteiger partial charge in [-0.25, -0.2) is 0 Å². The molecule has 0 saturated carbocycles. The minimum atomic E-state index is -0.427. The van der Waals surface area contributed by atoms with Crippen LogP contribution in [0.3, 0.4) is 0 Å². The van der Waals surface area contributed by atoms with Gasteiger partial charge in [-0.1, -0.05) is 12.1 Å². The van der Waals surface area contributed by atoms with Crippen molar-refractivity contribution in [2.75, 3.05) is 12.4 Å². The Balaban J connectivity index is 2.11. The molecule has 7 heteroatoms. The van der Waals surface area contributed by atoms with E-state index in [1.54, 1.807) is 6.07 Å². The number of nitrogens with zero attached hydrogens (tertiary/aromatic N) is 1. The lowest BCUT2D eigenvalue weighted by molar-refractivity contribution is -0.384. The second kappa shape index (κ2) is 8.25. The van der Waals surface area contributed by atoms with Crippen molar-refractivity contribution < 1.29 is 14.5 Å². The second-order valence-electron chi connectivity index (χ2n) is 5.66. The van der Waals surface area contributed by atoms with Gasteiger partial charge in [0.05, 0.1) is 12.0 Å². The van der Waals surface area contributed by atoms with E-state index in [1.807, 2.05) is 31.2 Å². The van der Waals surface area contributed by atoms with Crippen molar-refractivity contribution in [1.82, 2.24) is 5.32 Å². The molecule has 0 radical (unpaired) electrons. The quantitative estimate of drug-likeness (QED) is 0.593. The third-order valence-corrected chi connectivity index (χ3v) is 3.78. The first-order chi connectivity index (χ1) is 11.9. The molecular weight excluding hydrogens is 322 g/mol. The highest BCUT2D eigenvalue weighted by molar-refractivity contribution is 5.88. The Labute approximate surface area is 146 Å². The van der Waals surface area contributed by atoms with Gasteiger partial charge in [-0.2, -0.15) is 0 Å². The van der Waals surface area contributed by atoms with Crippen LogP contribution in [0, 0.1) is 10.1 Å². The Bertz CT molecular complexity index is 777. The summed E-state index contributed by atoms with van der Waals surface area (Å²) in [6, 6.07) is 12.0. The largest absolute Gasteiger partial charge is 0.496 e. The van der Waals surface area contributed by atoms with Crippen LogP contribution in [0.4, 0.5) is 11.4 Å². The van der Waals surface area contributed by atoms with Gasteiger partial charge in [-0.15, -0.1) is 0 Å². The van der Waals surface area contributed by atoms with Gasteiger partial charge in [0.15, 0.2) is 0 Å². The number of anilines is 1. The summed E-state index contributed by atoms with van der Waals surface area (Å²) in [6.45, 7) is 3.86. The Kier molecular flexibility index (Phi) is 6.08. The Hall–Kier alpha value is -2.93. The highest BCUT2D eigenvalue weighted by Gasteiger charge is 2.13. The Morgan fingerprint density at radius 1 is 1.28 bits per heavy atom. The third-order valence-electron chi connectivity index (χ3n) is 3.78. The first-order valence-electron chi connectivity index (χ1n) is 7.83. The van der Waals surface area contributed by atoms with Gasteiger partial charge >= 0.3 is 0 Å². The number of non-ortho nitro benzene ring substituents is 1. The van der Waals surface area contributed by atoms with E-state index in [-0.39, 0.29) is 17.6 Å². The molecule has 0 fully saturated rings. The molecule has 132 valence electrons. The summed E-state index contributed by atoms with van der Waals surface area (Å²) in [6.07, 6.45) is 0. The standard InChI is InChI=1S/C18H21N3O4/c1-12(14-5-4-6-16(9-14)20-13(2)22)19-11-15-10-17(21(23)24)7-8-18(15)25-3/h4-10,12,19H,11H2,1-3H3,(H,20,22). The lowest BCUT2D eigenvalue weighted by Crippen LogP contribution is -2.19. The summed E-state index contributed by atoms with van der Waals surface area (Å²) >= 11 is 0. The van der Waals surface area contributed by atoms with Crippen molar-refractivity contribution in [3.05, 3.63) is 63.7 Å². The number of rotatable bonds is 7. The molecule has 0 aliphatic carbocycles. The van der Waals surface area contributed by atoms with Gasteiger partial charge in [-0.3, -0.25) is 14.9 Å². The van der Waals surface area contributed by atoms with E-state index >= 15 is 0 Å². The zero-order valence-corrected chi connectivity index (χ0v) is 14.4. The lowest BCUT2D eigenvalue weighted by Gasteiger charge is -2.16. The maximum absolute atomic E-state index is 11.2. The first-order valence-corrected chi connectivity index (χ1v) is 7.83. The van der Waals surface area contributed by atoms with Crippen LogP contribution in [0.15, 0.2) is 42.5 Å². The molecular formula is C18H21N3O4. The van der Waals surface area contributed by atoms with E-state index in [0.717, 1.165) is 11.3 Å². The van der Waals surface area contributed by atoms with E-state index in [2.05, 4.69) is 10.6 Å². The van der Waals surface area contributed by atoms with Gasteiger partial charge in [0.2, 0.25) is 5.91 Å². The van der Waals surface area contributed by atoms with E-state index in [1.165, 1.54) is 26.2 Å². The highest BCUT2D eigenvalue weighted by atomic mass is 16.6. The molecule has 2 rings (SSSR count). The fraction of sp³-hybridized carbons (Fsp3) is 0.278. The Morgan fingerprint density at radius 2 is 2.04 bits per heavy atom. The monoisotopic (exact) mass is 343 g/mol. The van der Waals surface area contributed by atoms with Crippen molar-refractivity contribution in [2.45, 2.75) is 26.4 Å². The summed E-state index contributed by atoms with van der Waals surface area (Å²) in [4.78, 5) is 21.7. The molecule has 7 nitrogen and oxygen atoms in total. The van der Waals surface area contributed by atoms with Gasteiger partial charge in [0.25, 0.3) is 5.69 Å². The van der Waals surface area contributed by atoms with Crippen LogP contribution in [-0.2, 0) is 11.3 Å². The van der Waals surface area contributed by atoms with Gasteiger partial charge in [-0.05, 0) is 30.7 Å². The molecule has 0 spiro atoms. The van der Waals surface area contributed by atoms with Crippen molar-refractivity contribution in [3.63, 3.8) is 0 Å². The molecule has 0 aliphatic heterocycles. The number of nitro groups is 1. The van der Waals surface area contributed by atoms with Crippen molar-refractivity contribution in [2.24, 2.45) is 0 Å². The average molecular weight is 343 g/mol. The lowest BCUT2D eigenvalue weighted by atomic mass is 10.1. The number of nitrogens with one attached hydrogen (secondary N) is 2. The van der Waals surface area contributed by atoms with Gasteiger partial charge in [0.1, 0.15) is 5.75 Å². The number of ether oxygens (including phenoxy) is 1. The predicted molar refractivity (Wildman–Crippen MR) is 95.6 cm³/mol. The van der Waals surface area contributed by atoms with Crippen LogP contribution in [-0.4, -0.2) is 17.9 Å². The number of carbonyl (C=O) groups excluding carboxylic acids is 1. The second-order valence-corrected chi connectivity index (χ2v) is 5.66. The van der Waals surface area contributed by atoms with Crippen molar-refractivity contribution in [3.8, 4) is 5.75 Å². The zero-order chi connectivity index (χ0) is 18.4. The number of amides is 1. The van der Waals surface area contributed by atoms with Crippen LogP contribution in [0.25, 0.3) is 0 Å². The molecule has 2 aromatic rings. The summed E-state index contributed by atoms with van der Waals surface area (Å²) in [5.74, 6) is 0.469. The Morgan fingerprint density at radius 3 is 2.68 bits per heavy atom. The van der Waals surface area contributed by atoms with Crippen LogP contribution in [0.5, 0.6) is 5.75 Å². The predicted octanol–water partition coefficient (Wildman–Crippen LogP) is 3.41. The number of benzene rings is 2. The molecule has 2 aromatic carbocycles. The third kappa shape index (κ3) is 5.02. The fourth-order valence-electron chi connectivity index (χ4n) is 2.49. The molecule has 0 bridgehead atoms. The summed E-state index contributed by atoms with van der Waals surface area (Å²) < 4.78 is 5.27. The molecule has 2 N–H and O–H groups in total. The fourth-order valence-corrected chi connectivity index (χ4v) is 2.49. The molecule has 0 aromatic heterocycles. The highest BCUT2D eigenvalue weighted by Crippen LogP contribution is 2.25. The summed E-state index contributed by atoms with van der Waals surface area (Å²) in [5, 5.41) is 17.0. The topological polar surface area (TPSA) is 93.5 Å². The number of methoxy groups -OCH3 is 1. The van der Waals surface area contributed by atoms with Crippen LogP contribution in [0.1, 0.15) is 31.0 Å². The number of hydrogen-bond acceptors (Lipinski definition) is 5. The molecule has 1 unspecified atom stereocenters. The first kappa shape index (κ1) is 18.4. The molecule has 1 atom stereocenters. The molecule has 1 amide bonds. The summed E-state index contributed by atoms with van der Waals surface area (Å²) in [7, 11) is 1.53. The van der Waals surface area contributed by atoms with Crippen molar-refractivity contribution in [1.29, 1.82) is 0 Å². The van der Waals surface area contributed by atoms with E-state index < -0.39 is 4.92 Å². The normalized spacial score (nSPS) is 11.6. The molecule has 25 heavy (non-hydrogen) atoms. The minimum Gasteiger partial charge on any atom is -0.496 e. The maximum Gasteiger partial charge on any atom is 0.270 e. The minimum absolute atomic E-state index is 0.0160. The number of nitro benzene ring substituents is 1. The number of carbonyl (C=O) groups is 1. The number of hydrogen-bond donors (Lipinski definition) is 2. The zero-order valence-electron chi connectivity index (χ0n) is 14.4. The van der Waals surface area contributed by atoms with E-state index in [9.17, 15) is 14.9 Å². The van der Waals surface area contributed by atoms with Crippen LogP contribution in [0.2, 0.25) is 0 Å².